The minimum Gasteiger partial charge on any atom is -0.461 e. The van der Waals surface area contributed by atoms with Crippen molar-refractivity contribution in [3.63, 3.8) is 0 Å². The largest absolute Gasteiger partial charge is 0.461 e. The number of aromatic nitrogens is 3. The van der Waals surface area contributed by atoms with Crippen LogP contribution in [0.3, 0.4) is 0 Å². The normalized spacial score (nSPS) is 10.8. The SMILES string of the molecule is CCN(Cc1cccs1)c1nc(Cl)nc(OC(C)C)n1. The van der Waals surface area contributed by atoms with Gasteiger partial charge in [0.15, 0.2) is 0 Å². The molecule has 5 nitrogen and oxygen atoms in total. The smallest absolute Gasteiger partial charge is 0.322 e. The molecule has 2 aromatic heterocycles. The van der Waals surface area contributed by atoms with Gasteiger partial charge in [-0.1, -0.05) is 6.07 Å². The minimum absolute atomic E-state index is 0.00584. The Kier molecular flexibility index (Phi) is 5.14. The molecule has 0 N–H and O–H groups in total. The Morgan fingerprint density at radius 1 is 1.35 bits per heavy atom. The predicted molar refractivity (Wildman–Crippen MR) is 81.6 cm³/mol. The number of anilines is 1. The Morgan fingerprint density at radius 3 is 2.75 bits per heavy atom. The molecule has 0 atom stereocenters. The van der Waals surface area contributed by atoms with E-state index in [1.165, 1.54) is 4.88 Å². The van der Waals surface area contributed by atoms with E-state index in [0.29, 0.717) is 5.95 Å². The lowest BCUT2D eigenvalue weighted by Crippen LogP contribution is -2.24. The van der Waals surface area contributed by atoms with Crippen LogP contribution in [0.1, 0.15) is 25.6 Å². The highest BCUT2D eigenvalue weighted by molar-refractivity contribution is 7.09. The van der Waals surface area contributed by atoms with Crippen molar-refractivity contribution in [3.05, 3.63) is 27.7 Å². The van der Waals surface area contributed by atoms with Crippen LogP contribution < -0.4 is 9.64 Å². The molecular weight excluding hydrogens is 296 g/mol. The van der Waals surface area contributed by atoms with Crippen LogP contribution in [0.25, 0.3) is 0 Å². The molecule has 7 heteroatoms. The van der Waals surface area contributed by atoms with Crippen LogP contribution in [0, 0.1) is 0 Å². The van der Waals surface area contributed by atoms with Gasteiger partial charge in [0.1, 0.15) is 0 Å². The second-order valence-corrected chi connectivity index (χ2v) is 5.82. The summed E-state index contributed by atoms with van der Waals surface area (Å²) >= 11 is 7.65. The van der Waals surface area contributed by atoms with E-state index in [1.807, 2.05) is 31.7 Å². The summed E-state index contributed by atoms with van der Waals surface area (Å²) in [5, 5.41) is 2.20. The molecule has 2 heterocycles. The van der Waals surface area contributed by atoms with Crippen LogP contribution in [-0.2, 0) is 6.54 Å². The summed E-state index contributed by atoms with van der Waals surface area (Å²) in [6.07, 6.45) is -0.00584. The lowest BCUT2D eigenvalue weighted by atomic mass is 10.4. The zero-order valence-electron chi connectivity index (χ0n) is 11.7. The van der Waals surface area contributed by atoms with Crippen molar-refractivity contribution < 1.29 is 4.74 Å². The number of nitrogens with zero attached hydrogens (tertiary/aromatic N) is 4. The monoisotopic (exact) mass is 312 g/mol. The average molecular weight is 313 g/mol. The Hall–Kier alpha value is -1.40. The van der Waals surface area contributed by atoms with Gasteiger partial charge in [0.25, 0.3) is 0 Å². The van der Waals surface area contributed by atoms with Gasteiger partial charge in [-0.25, -0.2) is 0 Å². The predicted octanol–water partition coefficient (Wildman–Crippen LogP) is 3.40. The molecule has 0 saturated heterocycles. The topological polar surface area (TPSA) is 51.1 Å². The quantitative estimate of drug-likeness (QED) is 0.818. The van der Waals surface area contributed by atoms with Crippen molar-refractivity contribution in [1.29, 1.82) is 0 Å². The molecule has 2 rings (SSSR count). The number of thiophene rings is 1. The summed E-state index contributed by atoms with van der Waals surface area (Å²) in [5.41, 5.74) is 0. The molecule has 0 aromatic carbocycles. The first-order chi connectivity index (χ1) is 9.58. The van der Waals surface area contributed by atoms with E-state index < -0.39 is 0 Å². The number of ether oxygens (including phenoxy) is 1. The first kappa shape index (κ1) is 15.0. The van der Waals surface area contributed by atoms with E-state index in [9.17, 15) is 0 Å². The number of rotatable bonds is 6. The maximum absolute atomic E-state index is 5.95. The molecule has 2 aromatic rings. The third-order valence-electron chi connectivity index (χ3n) is 2.51. The van der Waals surface area contributed by atoms with Crippen molar-refractivity contribution in [2.24, 2.45) is 0 Å². The Balaban J connectivity index is 2.22. The van der Waals surface area contributed by atoms with Gasteiger partial charge in [0.05, 0.1) is 12.6 Å². The van der Waals surface area contributed by atoms with Gasteiger partial charge in [-0.15, -0.1) is 11.3 Å². The molecular formula is C13H17ClN4OS. The van der Waals surface area contributed by atoms with Gasteiger partial charge in [0.2, 0.25) is 11.2 Å². The Bertz CT molecular complexity index is 547. The zero-order chi connectivity index (χ0) is 14.5. The standard InChI is InChI=1S/C13H17ClN4OS/c1-4-18(8-10-6-5-7-20-10)12-15-11(14)16-13(17-12)19-9(2)3/h5-7,9H,4,8H2,1-3H3. The van der Waals surface area contributed by atoms with Gasteiger partial charge < -0.3 is 9.64 Å². The van der Waals surface area contributed by atoms with E-state index in [-0.39, 0.29) is 17.4 Å². The molecule has 0 aliphatic carbocycles. The summed E-state index contributed by atoms with van der Waals surface area (Å²) in [6, 6.07) is 4.38. The van der Waals surface area contributed by atoms with Gasteiger partial charge in [-0.3, -0.25) is 0 Å². The molecule has 0 fully saturated rings. The van der Waals surface area contributed by atoms with Crippen LogP contribution in [0.5, 0.6) is 6.01 Å². The molecule has 0 aliphatic heterocycles. The van der Waals surface area contributed by atoms with E-state index in [1.54, 1.807) is 11.3 Å². The van der Waals surface area contributed by atoms with Crippen LogP contribution in [0.4, 0.5) is 5.95 Å². The minimum atomic E-state index is -0.00584. The van der Waals surface area contributed by atoms with Gasteiger partial charge in [-0.05, 0) is 43.8 Å². The van der Waals surface area contributed by atoms with E-state index in [2.05, 4.69) is 26.4 Å². The van der Waals surface area contributed by atoms with E-state index >= 15 is 0 Å². The van der Waals surface area contributed by atoms with Crippen molar-refractivity contribution in [3.8, 4) is 6.01 Å². The summed E-state index contributed by atoms with van der Waals surface area (Å²) in [4.78, 5) is 15.8. The molecule has 0 bridgehead atoms. The fourth-order valence-corrected chi connectivity index (χ4v) is 2.51. The summed E-state index contributed by atoms with van der Waals surface area (Å²) in [5.74, 6) is 0.538. The second kappa shape index (κ2) is 6.85. The number of halogens is 1. The third kappa shape index (κ3) is 4.05. The second-order valence-electron chi connectivity index (χ2n) is 4.45. The Labute approximate surface area is 127 Å². The molecule has 0 radical (unpaired) electrons. The molecule has 0 aliphatic rings. The van der Waals surface area contributed by atoms with Crippen LogP contribution in [0.2, 0.25) is 5.28 Å². The summed E-state index contributed by atoms with van der Waals surface area (Å²) < 4.78 is 5.49. The zero-order valence-corrected chi connectivity index (χ0v) is 13.3. The fourth-order valence-electron chi connectivity index (χ4n) is 1.64. The van der Waals surface area contributed by atoms with Crippen LogP contribution in [0.15, 0.2) is 17.5 Å². The van der Waals surface area contributed by atoms with Crippen molar-refractivity contribution in [2.45, 2.75) is 33.4 Å². The third-order valence-corrected chi connectivity index (χ3v) is 3.54. The lowest BCUT2D eigenvalue weighted by Gasteiger charge is -2.20. The van der Waals surface area contributed by atoms with Crippen molar-refractivity contribution >= 4 is 28.9 Å². The molecule has 20 heavy (non-hydrogen) atoms. The van der Waals surface area contributed by atoms with Gasteiger partial charge in [0, 0.05) is 11.4 Å². The average Bonchev–Trinajstić information content (AvgIpc) is 2.87. The first-order valence-corrected chi connectivity index (χ1v) is 7.69. The van der Waals surface area contributed by atoms with Gasteiger partial charge >= 0.3 is 6.01 Å². The Morgan fingerprint density at radius 2 is 2.15 bits per heavy atom. The van der Waals surface area contributed by atoms with Crippen LogP contribution in [-0.4, -0.2) is 27.6 Å². The summed E-state index contributed by atoms with van der Waals surface area (Å²) in [6.45, 7) is 7.41. The summed E-state index contributed by atoms with van der Waals surface area (Å²) in [7, 11) is 0. The van der Waals surface area contributed by atoms with E-state index in [0.717, 1.165) is 13.1 Å². The molecule has 0 unspecified atom stereocenters. The number of hydrogen-bond acceptors (Lipinski definition) is 6. The lowest BCUT2D eigenvalue weighted by molar-refractivity contribution is 0.221. The van der Waals surface area contributed by atoms with Crippen molar-refractivity contribution in [1.82, 2.24) is 15.0 Å². The highest BCUT2D eigenvalue weighted by Gasteiger charge is 2.14. The maximum atomic E-state index is 5.95. The highest BCUT2D eigenvalue weighted by Crippen LogP contribution is 2.19. The molecule has 0 saturated carbocycles. The number of hydrogen-bond donors (Lipinski definition) is 0. The fraction of sp³-hybridized carbons (Fsp3) is 0.462. The molecule has 108 valence electrons. The van der Waals surface area contributed by atoms with Gasteiger partial charge in [-0.2, -0.15) is 15.0 Å². The first-order valence-electron chi connectivity index (χ1n) is 6.44. The van der Waals surface area contributed by atoms with Crippen LogP contribution >= 0.6 is 22.9 Å². The molecule has 0 amide bonds. The molecule has 0 spiro atoms. The highest BCUT2D eigenvalue weighted by atomic mass is 35.5. The van der Waals surface area contributed by atoms with Crippen molar-refractivity contribution in [2.75, 3.05) is 11.4 Å². The van der Waals surface area contributed by atoms with E-state index in [4.69, 9.17) is 16.3 Å². The maximum Gasteiger partial charge on any atom is 0.322 e.